The summed E-state index contributed by atoms with van der Waals surface area (Å²) in [6.45, 7) is 5.42. The zero-order valence-electron chi connectivity index (χ0n) is 12.7. The number of benzene rings is 1. The van der Waals surface area contributed by atoms with E-state index in [0.717, 1.165) is 19.2 Å². The van der Waals surface area contributed by atoms with Gasteiger partial charge in [0, 0.05) is 24.3 Å². The van der Waals surface area contributed by atoms with E-state index in [1.807, 2.05) is 18.7 Å². The Morgan fingerprint density at radius 1 is 1.17 bits per heavy atom. The van der Waals surface area contributed by atoms with Gasteiger partial charge in [-0.25, -0.2) is 4.98 Å². The molecular formula is C15H16ClF3N4. The lowest BCUT2D eigenvalue weighted by Crippen LogP contribution is -2.23. The van der Waals surface area contributed by atoms with Gasteiger partial charge in [-0.1, -0.05) is 11.6 Å². The van der Waals surface area contributed by atoms with E-state index >= 15 is 0 Å². The van der Waals surface area contributed by atoms with E-state index in [0.29, 0.717) is 5.82 Å². The van der Waals surface area contributed by atoms with Crippen LogP contribution in [-0.4, -0.2) is 23.1 Å². The largest absolute Gasteiger partial charge is 0.418 e. The van der Waals surface area contributed by atoms with Crippen molar-refractivity contribution in [2.75, 3.05) is 23.3 Å². The molecule has 0 aliphatic heterocycles. The Morgan fingerprint density at radius 2 is 1.87 bits per heavy atom. The van der Waals surface area contributed by atoms with Gasteiger partial charge in [-0.15, -0.1) is 0 Å². The van der Waals surface area contributed by atoms with Crippen molar-refractivity contribution in [3.8, 4) is 0 Å². The first-order chi connectivity index (χ1) is 10.8. The molecule has 0 bridgehead atoms. The molecule has 0 radical (unpaired) electrons. The average Bonchev–Trinajstić information content (AvgIpc) is 2.50. The minimum atomic E-state index is -4.52. The maximum atomic E-state index is 13.1. The van der Waals surface area contributed by atoms with Crippen LogP contribution >= 0.6 is 11.6 Å². The second-order valence-corrected chi connectivity index (χ2v) is 5.16. The Labute approximate surface area is 137 Å². The van der Waals surface area contributed by atoms with Gasteiger partial charge in [0.05, 0.1) is 11.3 Å². The van der Waals surface area contributed by atoms with Crippen molar-refractivity contribution in [1.29, 1.82) is 0 Å². The Balaban J connectivity index is 2.35. The Bertz CT molecular complexity index is 672. The smallest absolute Gasteiger partial charge is 0.357 e. The standard InChI is InChI=1S/C15H16ClF3N4/c1-3-23(4-2)13-7-8-20-14(22-13)21-12-6-5-10(16)9-11(12)15(17,18)19/h5-9H,3-4H2,1-2H3,(H,20,21,22). The van der Waals surface area contributed by atoms with E-state index in [9.17, 15) is 13.2 Å². The van der Waals surface area contributed by atoms with Crippen LogP contribution in [-0.2, 0) is 6.18 Å². The van der Waals surface area contributed by atoms with Crippen molar-refractivity contribution in [2.24, 2.45) is 0 Å². The molecule has 1 N–H and O–H groups in total. The molecule has 0 spiro atoms. The number of hydrogen-bond acceptors (Lipinski definition) is 4. The third-order valence-corrected chi connectivity index (χ3v) is 3.50. The number of aromatic nitrogens is 2. The quantitative estimate of drug-likeness (QED) is 0.850. The predicted octanol–water partition coefficient (Wildman–Crippen LogP) is 4.74. The summed E-state index contributed by atoms with van der Waals surface area (Å²) in [5.41, 5.74) is -1.000. The first-order valence-electron chi connectivity index (χ1n) is 7.07. The number of halogens is 4. The third-order valence-electron chi connectivity index (χ3n) is 3.26. The highest BCUT2D eigenvalue weighted by molar-refractivity contribution is 6.30. The van der Waals surface area contributed by atoms with Gasteiger partial charge >= 0.3 is 6.18 Å². The molecule has 0 saturated heterocycles. The Kier molecular flexibility index (Phi) is 5.30. The van der Waals surface area contributed by atoms with Crippen LogP contribution in [0.4, 0.5) is 30.6 Å². The molecule has 2 rings (SSSR count). The SMILES string of the molecule is CCN(CC)c1ccnc(Nc2ccc(Cl)cc2C(F)(F)F)n1. The monoisotopic (exact) mass is 344 g/mol. The van der Waals surface area contributed by atoms with E-state index in [4.69, 9.17) is 11.6 Å². The van der Waals surface area contributed by atoms with Gasteiger partial charge in [-0.3, -0.25) is 0 Å². The van der Waals surface area contributed by atoms with Crippen molar-refractivity contribution in [2.45, 2.75) is 20.0 Å². The van der Waals surface area contributed by atoms with E-state index < -0.39 is 11.7 Å². The van der Waals surface area contributed by atoms with Crippen LogP contribution in [0, 0.1) is 0 Å². The molecule has 0 unspecified atom stereocenters. The molecule has 124 valence electrons. The van der Waals surface area contributed by atoms with Crippen molar-refractivity contribution in [1.82, 2.24) is 9.97 Å². The zero-order chi connectivity index (χ0) is 17.0. The van der Waals surface area contributed by atoms with Gasteiger partial charge in [0.15, 0.2) is 0 Å². The van der Waals surface area contributed by atoms with Gasteiger partial charge in [0.25, 0.3) is 0 Å². The van der Waals surface area contributed by atoms with Crippen molar-refractivity contribution >= 4 is 29.1 Å². The number of alkyl halides is 3. The molecule has 0 aliphatic rings. The molecule has 2 aromatic rings. The van der Waals surface area contributed by atoms with E-state index in [2.05, 4.69) is 15.3 Å². The van der Waals surface area contributed by atoms with E-state index in [1.165, 1.54) is 18.3 Å². The number of hydrogen-bond donors (Lipinski definition) is 1. The molecule has 1 aromatic heterocycles. The lowest BCUT2D eigenvalue weighted by Gasteiger charge is -2.20. The molecule has 0 atom stereocenters. The van der Waals surface area contributed by atoms with Crippen LogP contribution in [0.2, 0.25) is 5.02 Å². The maximum absolute atomic E-state index is 13.1. The lowest BCUT2D eigenvalue weighted by molar-refractivity contribution is -0.136. The fraction of sp³-hybridized carbons (Fsp3) is 0.333. The fourth-order valence-electron chi connectivity index (χ4n) is 2.11. The van der Waals surface area contributed by atoms with Crippen molar-refractivity contribution < 1.29 is 13.2 Å². The van der Waals surface area contributed by atoms with Gasteiger partial charge in [0.1, 0.15) is 5.82 Å². The van der Waals surface area contributed by atoms with E-state index in [1.54, 1.807) is 6.07 Å². The second kappa shape index (κ2) is 7.04. The van der Waals surface area contributed by atoms with E-state index in [-0.39, 0.29) is 16.7 Å². The molecule has 0 fully saturated rings. The van der Waals surface area contributed by atoms with Gasteiger partial charge in [-0.05, 0) is 38.1 Å². The summed E-state index contributed by atoms with van der Waals surface area (Å²) < 4.78 is 39.3. The topological polar surface area (TPSA) is 41.1 Å². The molecule has 0 aliphatic carbocycles. The summed E-state index contributed by atoms with van der Waals surface area (Å²) in [6, 6.07) is 5.23. The summed E-state index contributed by atoms with van der Waals surface area (Å²) in [6.07, 6.45) is -3.02. The lowest BCUT2D eigenvalue weighted by atomic mass is 10.1. The Morgan fingerprint density at radius 3 is 2.48 bits per heavy atom. The molecule has 4 nitrogen and oxygen atoms in total. The number of rotatable bonds is 5. The molecule has 0 amide bonds. The van der Waals surface area contributed by atoms with Gasteiger partial charge in [0.2, 0.25) is 5.95 Å². The molecule has 0 saturated carbocycles. The number of nitrogens with zero attached hydrogens (tertiary/aromatic N) is 3. The summed E-state index contributed by atoms with van der Waals surface area (Å²) >= 11 is 5.66. The first kappa shape index (κ1) is 17.3. The normalized spacial score (nSPS) is 11.4. The van der Waals surface area contributed by atoms with Crippen LogP contribution in [0.15, 0.2) is 30.5 Å². The minimum absolute atomic E-state index is 0.0145. The van der Waals surface area contributed by atoms with Gasteiger partial charge in [-0.2, -0.15) is 18.2 Å². The predicted molar refractivity (Wildman–Crippen MR) is 85.3 cm³/mol. The van der Waals surface area contributed by atoms with Crippen LogP contribution < -0.4 is 10.2 Å². The molecule has 23 heavy (non-hydrogen) atoms. The highest BCUT2D eigenvalue weighted by Crippen LogP contribution is 2.37. The van der Waals surface area contributed by atoms with Crippen LogP contribution in [0.5, 0.6) is 0 Å². The molecule has 1 aromatic carbocycles. The van der Waals surface area contributed by atoms with Crippen molar-refractivity contribution in [3.05, 3.63) is 41.0 Å². The summed E-state index contributed by atoms with van der Waals surface area (Å²) in [5.74, 6) is 0.747. The van der Waals surface area contributed by atoms with Gasteiger partial charge < -0.3 is 10.2 Å². The van der Waals surface area contributed by atoms with Crippen LogP contribution in [0.25, 0.3) is 0 Å². The Hall–Kier alpha value is -2.02. The second-order valence-electron chi connectivity index (χ2n) is 4.72. The average molecular weight is 345 g/mol. The fourth-order valence-corrected chi connectivity index (χ4v) is 2.29. The van der Waals surface area contributed by atoms with Crippen molar-refractivity contribution in [3.63, 3.8) is 0 Å². The third kappa shape index (κ3) is 4.25. The minimum Gasteiger partial charge on any atom is -0.357 e. The summed E-state index contributed by atoms with van der Waals surface area (Å²) in [7, 11) is 0. The highest BCUT2D eigenvalue weighted by Gasteiger charge is 2.34. The summed E-state index contributed by atoms with van der Waals surface area (Å²) in [5, 5.41) is 2.64. The molecular weight excluding hydrogens is 329 g/mol. The van der Waals surface area contributed by atoms with Crippen LogP contribution in [0.3, 0.4) is 0 Å². The van der Waals surface area contributed by atoms with Crippen LogP contribution in [0.1, 0.15) is 19.4 Å². The molecule has 8 heteroatoms. The summed E-state index contributed by atoms with van der Waals surface area (Å²) in [4.78, 5) is 10.2. The molecule has 1 heterocycles. The maximum Gasteiger partial charge on any atom is 0.418 e. The first-order valence-corrected chi connectivity index (χ1v) is 7.44. The number of nitrogens with one attached hydrogen (secondary N) is 1. The highest BCUT2D eigenvalue weighted by atomic mass is 35.5. The number of anilines is 3. The zero-order valence-corrected chi connectivity index (χ0v) is 13.4.